The zero-order valence-electron chi connectivity index (χ0n) is 19.6. The Morgan fingerprint density at radius 3 is 2.58 bits per heavy atom. The Kier molecular flexibility index (Phi) is 6.42. The van der Waals surface area contributed by atoms with Gasteiger partial charge in [0.25, 0.3) is 21.4 Å². The molecule has 0 unspecified atom stereocenters. The molecule has 1 saturated heterocycles. The van der Waals surface area contributed by atoms with Gasteiger partial charge < -0.3 is 19.0 Å². The first-order chi connectivity index (χ1) is 17.4. The van der Waals surface area contributed by atoms with Gasteiger partial charge in [-0.2, -0.15) is 4.57 Å². The van der Waals surface area contributed by atoms with Crippen molar-refractivity contribution in [3.63, 3.8) is 0 Å². The van der Waals surface area contributed by atoms with Crippen molar-refractivity contribution in [3.8, 4) is 5.75 Å². The number of piperazine rings is 1. The summed E-state index contributed by atoms with van der Waals surface area (Å²) in [6.07, 6.45) is 4.29. The minimum absolute atomic E-state index is 0.00963. The van der Waals surface area contributed by atoms with Crippen molar-refractivity contribution in [1.82, 2.24) is 14.9 Å². The molecular formula is C24H25N6O5S+. The quantitative estimate of drug-likeness (QED) is 0.374. The van der Waals surface area contributed by atoms with Gasteiger partial charge in [0, 0.05) is 50.2 Å². The van der Waals surface area contributed by atoms with Crippen molar-refractivity contribution in [1.29, 1.82) is 0 Å². The van der Waals surface area contributed by atoms with Crippen LogP contribution in [-0.4, -0.2) is 62.5 Å². The fraction of sp³-hybridized carbons (Fsp3) is 0.250. The van der Waals surface area contributed by atoms with E-state index in [2.05, 4.69) is 19.6 Å². The molecule has 0 saturated carbocycles. The first kappa shape index (κ1) is 23.5. The number of hydrogen-bond acceptors (Lipinski definition) is 8. The monoisotopic (exact) mass is 509 g/mol. The van der Waals surface area contributed by atoms with Crippen molar-refractivity contribution >= 4 is 38.5 Å². The highest BCUT2D eigenvalue weighted by atomic mass is 32.2. The van der Waals surface area contributed by atoms with E-state index >= 15 is 0 Å². The van der Waals surface area contributed by atoms with Crippen molar-refractivity contribution in [2.75, 3.05) is 42.9 Å². The summed E-state index contributed by atoms with van der Waals surface area (Å²) in [7, 11) is -2.16. The average Bonchev–Trinajstić information content (AvgIpc) is 3.31. The van der Waals surface area contributed by atoms with Crippen LogP contribution in [0.25, 0.3) is 11.1 Å². The van der Waals surface area contributed by atoms with Gasteiger partial charge in [0.1, 0.15) is 17.9 Å². The van der Waals surface area contributed by atoms with Gasteiger partial charge in [0.2, 0.25) is 12.1 Å². The van der Waals surface area contributed by atoms with Gasteiger partial charge in [0.05, 0.1) is 12.0 Å². The number of aromatic nitrogens is 3. The van der Waals surface area contributed by atoms with E-state index in [-0.39, 0.29) is 23.2 Å². The van der Waals surface area contributed by atoms with E-state index in [0.717, 1.165) is 11.2 Å². The summed E-state index contributed by atoms with van der Waals surface area (Å²) in [5, 5.41) is 0. The van der Waals surface area contributed by atoms with Crippen molar-refractivity contribution in [2.45, 2.75) is 11.4 Å². The molecule has 1 fully saturated rings. The number of methoxy groups -OCH3 is 1. The van der Waals surface area contributed by atoms with Crippen LogP contribution in [0, 0.1) is 0 Å². The Labute approximate surface area is 208 Å². The minimum Gasteiger partial charge on any atom is -0.497 e. The van der Waals surface area contributed by atoms with E-state index in [4.69, 9.17) is 9.15 Å². The summed E-state index contributed by atoms with van der Waals surface area (Å²) < 4.78 is 40.2. The number of anilines is 2. The number of benzene rings is 2. The molecular weight excluding hydrogens is 484 g/mol. The highest BCUT2D eigenvalue weighted by molar-refractivity contribution is 7.92. The predicted molar refractivity (Wildman–Crippen MR) is 131 cm³/mol. The van der Waals surface area contributed by atoms with Crippen LogP contribution >= 0.6 is 0 Å². The summed E-state index contributed by atoms with van der Waals surface area (Å²) in [5.41, 5.74) is 2.38. The topological polar surface area (TPSA) is 122 Å². The van der Waals surface area contributed by atoms with Crippen LogP contribution in [0.2, 0.25) is 0 Å². The van der Waals surface area contributed by atoms with Gasteiger partial charge >= 0.3 is 6.39 Å². The Balaban J connectivity index is 1.18. The molecule has 1 aliphatic heterocycles. The highest BCUT2D eigenvalue weighted by Gasteiger charge is 2.26. The summed E-state index contributed by atoms with van der Waals surface area (Å²) >= 11 is 0. The van der Waals surface area contributed by atoms with Crippen LogP contribution < -0.4 is 18.9 Å². The number of carbonyl (C=O) groups excluding carboxylic acids is 1. The van der Waals surface area contributed by atoms with E-state index in [1.54, 1.807) is 48.4 Å². The lowest BCUT2D eigenvalue weighted by Crippen LogP contribution is -2.52. The summed E-state index contributed by atoms with van der Waals surface area (Å²) in [6.45, 7) is 2.61. The lowest BCUT2D eigenvalue weighted by Gasteiger charge is -2.35. The molecule has 0 atom stereocenters. The molecule has 0 spiro atoms. The Morgan fingerprint density at radius 2 is 1.89 bits per heavy atom. The number of oxazole rings is 1. The number of carbonyl (C=O) groups is 1. The van der Waals surface area contributed by atoms with Gasteiger partial charge in [-0.25, -0.2) is 18.4 Å². The maximum Gasteiger partial charge on any atom is 0.335 e. The second kappa shape index (κ2) is 9.82. The Morgan fingerprint density at radius 1 is 1.11 bits per heavy atom. The zero-order valence-corrected chi connectivity index (χ0v) is 20.4. The molecule has 0 aliphatic carbocycles. The predicted octanol–water partition coefficient (Wildman–Crippen LogP) is 1.67. The van der Waals surface area contributed by atoms with E-state index < -0.39 is 10.0 Å². The van der Waals surface area contributed by atoms with Gasteiger partial charge in [-0.3, -0.25) is 9.52 Å². The normalized spacial score (nSPS) is 14.1. The largest absolute Gasteiger partial charge is 0.497 e. The molecule has 186 valence electrons. The molecule has 4 aromatic rings. The van der Waals surface area contributed by atoms with Crippen LogP contribution in [0.3, 0.4) is 0 Å². The second-order valence-electron chi connectivity index (χ2n) is 8.25. The standard InChI is InChI=1S/C24H25N6O5S/c1-34-19-4-7-21-22(14-19)35-17-30(21)15-24(31)29-12-10-28(11-13-29)18-2-5-20(6-3-18)36(32,33)27-23-8-9-25-16-26-23/h2-9,14,16-17H,10-13,15H2,1H3,(H,25,26,27)/q+1. The van der Waals surface area contributed by atoms with E-state index in [1.165, 1.54) is 18.6 Å². The van der Waals surface area contributed by atoms with E-state index in [1.807, 2.05) is 17.0 Å². The number of sulfonamides is 1. The molecule has 1 N–H and O–H groups in total. The molecule has 3 heterocycles. The first-order valence-corrected chi connectivity index (χ1v) is 12.8. The number of fused-ring (bicyclic) bond motifs is 1. The second-order valence-corrected chi connectivity index (χ2v) is 9.93. The molecule has 12 heteroatoms. The molecule has 0 bridgehead atoms. The molecule has 5 rings (SSSR count). The molecule has 1 aliphatic rings. The fourth-order valence-electron chi connectivity index (χ4n) is 4.10. The first-order valence-electron chi connectivity index (χ1n) is 11.3. The fourth-order valence-corrected chi connectivity index (χ4v) is 5.10. The number of hydrogen-bond donors (Lipinski definition) is 1. The number of nitrogens with zero attached hydrogens (tertiary/aromatic N) is 5. The summed E-state index contributed by atoms with van der Waals surface area (Å²) in [4.78, 5) is 24.7. The molecule has 1 amide bonds. The SMILES string of the molecule is COc1ccc2c(c1)oc[n+]2CC(=O)N1CCN(c2ccc(S(=O)(=O)Nc3ccncn3)cc2)CC1. The van der Waals surface area contributed by atoms with Gasteiger partial charge in [-0.1, -0.05) is 0 Å². The van der Waals surface area contributed by atoms with Crippen LogP contribution in [0.5, 0.6) is 5.75 Å². The Bertz CT molecular complexity index is 1470. The van der Waals surface area contributed by atoms with Crippen molar-refractivity contribution < 1.29 is 26.9 Å². The zero-order chi connectivity index (χ0) is 25.1. The number of ether oxygens (including phenoxy) is 1. The van der Waals surface area contributed by atoms with E-state index in [9.17, 15) is 13.2 Å². The van der Waals surface area contributed by atoms with Crippen LogP contribution in [0.4, 0.5) is 11.5 Å². The van der Waals surface area contributed by atoms with Gasteiger partial charge in [-0.05, 0) is 36.4 Å². The summed E-state index contributed by atoms with van der Waals surface area (Å²) in [6, 6.07) is 13.6. The van der Waals surface area contributed by atoms with Gasteiger partial charge in [0.15, 0.2) is 0 Å². The molecule has 11 nitrogen and oxygen atoms in total. The third-order valence-electron chi connectivity index (χ3n) is 6.05. The maximum atomic E-state index is 12.9. The number of nitrogens with one attached hydrogen (secondary N) is 1. The molecule has 2 aromatic carbocycles. The van der Waals surface area contributed by atoms with Crippen LogP contribution in [-0.2, 0) is 21.4 Å². The third-order valence-corrected chi connectivity index (χ3v) is 7.42. The molecule has 0 radical (unpaired) electrons. The minimum atomic E-state index is -3.75. The smallest absolute Gasteiger partial charge is 0.335 e. The van der Waals surface area contributed by atoms with Gasteiger partial charge in [-0.15, -0.1) is 0 Å². The number of amides is 1. The Hall–Kier alpha value is -4.19. The highest BCUT2D eigenvalue weighted by Crippen LogP contribution is 2.22. The van der Waals surface area contributed by atoms with Crippen LogP contribution in [0.15, 0.2) is 76.8 Å². The summed E-state index contributed by atoms with van der Waals surface area (Å²) in [5.74, 6) is 0.908. The maximum absolute atomic E-state index is 12.9. The lowest BCUT2D eigenvalue weighted by molar-refractivity contribution is -0.664. The molecule has 36 heavy (non-hydrogen) atoms. The third kappa shape index (κ3) is 4.93. The van der Waals surface area contributed by atoms with Crippen LogP contribution in [0.1, 0.15) is 0 Å². The average molecular weight is 510 g/mol. The molecule has 2 aromatic heterocycles. The number of rotatable bonds is 7. The van der Waals surface area contributed by atoms with Crippen molar-refractivity contribution in [2.24, 2.45) is 0 Å². The van der Waals surface area contributed by atoms with Crippen molar-refractivity contribution in [3.05, 3.63) is 67.4 Å². The van der Waals surface area contributed by atoms with E-state index in [0.29, 0.717) is 37.5 Å². The lowest BCUT2D eigenvalue weighted by atomic mass is 10.2.